The molecule has 84 valence electrons. The molecule has 0 atom stereocenters. The fourth-order valence-corrected chi connectivity index (χ4v) is 1.85. The predicted molar refractivity (Wildman–Crippen MR) is 54.1 cm³/mol. The maximum absolute atomic E-state index is 6.10. The third-order valence-electron chi connectivity index (χ3n) is 2.96. The van der Waals surface area contributed by atoms with Gasteiger partial charge in [0.1, 0.15) is 0 Å². The second-order valence-corrected chi connectivity index (χ2v) is 4.26. The third kappa shape index (κ3) is 1.58. The van der Waals surface area contributed by atoms with E-state index in [4.69, 9.17) is 10.3 Å². The van der Waals surface area contributed by atoms with E-state index in [-0.39, 0.29) is 5.54 Å². The highest BCUT2D eigenvalue weighted by atomic mass is 16.5. The van der Waals surface area contributed by atoms with Crippen molar-refractivity contribution >= 4 is 0 Å². The summed E-state index contributed by atoms with van der Waals surface area (Å²) in [4.78, 5) is 4.24. The van der Waals surface area contributed by atoms with Crippen molar-refractivity contribution in [1.29, 1.82) is 0 Å². The Hall–Kier alpha value is -1.76. The van der Waals surface area contributed by atoms with E-state index < -0.39 is 0 Å². The van der Waals surface area contributed by atoms with Gasteiger partial charge in [-0.25, -0.2) is 0 Å². The summed E-state index contributed by atoms with van der Waals surface area (Å²) in [5.74, 6) is 1.02. The van der Waals surface area contributed by atoms with Crippen molar-refractivity contribution in [1.82, 2.24) is 25.6 Å². The van der Waals surface area contributed by atoms with E-state index in [0.717, 1.165) is 12.8 Å². The van der Waals surface area contributed by atoms with E-state index in [1.807, 2.05) is 0 Å². The van der Waals surface area contributed by atoms with Gasteiger partial charge in [-0.3, -0.25) is 0 Å². The summed E-state index contributed by atoms with van der Waals surface area (Å²) < 4.78 is 5.14. The fraction of sp³-hybridized carbons (Fsp3) is 0.556. The van der Waals surface area contributed by atoms with Crippen LogP contribution < -0.4 is 5.73 Å². The van der Waals surface area contributed by atoms with E-state index >= 15 is 0 Å². The average Bonchev–Trinajstić information content (AvgIpc) is 2.83. The summed E-state index contributed by atoms with van der Waals surface area (Å²) in [6.07, 6.45) is 5.41. The maximum atomic E-state index is 6.10. The minimum atomic E-state index is -0.145. The number of hydrogen-bond donors (Lipinski definition) is 2. The lowest BCUT2D eigenvalue weighted by molar-refractivity contribution is 0.222. The Kier molecular flexibility index (Phi) is 2.00. The topological polar surface area (TPSA) is 107 Å². The van der Waals surface area contributed by atoms with Gasteiger partial charge < -0.3 is 10.3 Å². The van der Waals surface area contributed by atoms with Gasteiger partial charge in [0.15, 0.2) is 5.69 Å². The number of nitrogens with one attached hydrogen (secondary N) is 1. The normalized spacial score (nSPS) is 18.3. The van der Waals surface area contributed by atoms with Crippen molar-refractivity contribution in [3.8, 4) is 11.5 Å². The lowest BCUT2D eigenvalue weighted by Crippen LogP contribution is -2.48. The Morgan fingerprint density at radius 3 is 3.00 bits per heavy atom. The molecule has 2 aromatic rings. The molecular weight excluding hydrogens is 208 g/mol. The molecule has 0 unspecified atom stereocenters. The number of rotatable bonds is 3. The van der Waals surface area contributed by atoms with Gasteiger partial charge in [0.2, 0.25) is 11.7 Å². The summed E-state index contributed by atoms with van der Waals surface area (Å²) in [6.45, 7) is 0. The first kappa shape index (κ1) is 9.46. The Balaban J connectivity index is 1.78. The van der Waals surface area contributed by atoms with Gasteiger partial charge in [-0.05, 0) is 19.3 Å². The zero-order chi connectivity index (χ0) is 11.0. The number of nitrogens with two attached hydrogens (primary N) is 1. The van der Waals surface area contributed by atoms with Crippen molar-refractivity contribution in [3.05, 3.63) is 12.1 Å². The van der Waals surface area contributed by atoms with Crippen LogP contribution in [0.4, 0.5) is 0 Å². The van der Waals surface area contributed by atoms with Gasteiger partial charge in [-0.2, -0.15) is 20.4 Å². The molecule has 3 rings (SSSR count). The summed E-state index contributed by atoms with van der Waals surface area (Å²) in [7, 11) is 0. The lowest BCUT2D eigenvalue weighted by Gasteiger charge is -2.36. The highest BCUT2D eigenvalue weighted by Gasteiger charge is 2.34. The molecule has 1 aliphatic rings. The predicted octanol–water partition coefficient (Wildman–Crippen LogP) is 0.279. The molecular formula is C9H12N6O. The van der Waals surface area contributed by atoms with Gasteiger partial charge in [-0.15, -0.1) is 0 Å². The highest BCUT2D eigenvalue weighted by Crippen LogP contribution is 2.32. The maximum Gasteiger partial charge on any atom is 0.228 e. The van der Waals surface area contributed by atoms with Crippen LogP contribution in [0, 0.1) is 0 Å². The molecule has 1 aliphatic carbocycles. The summed E-state index contributed by atoms with van der Waals surface area (Å²) in [5.41, 5.74) is 6.53. The van der Waals surface area contributed by atoms with Gasteiger partial charge in [-0.1, -0.05) is 5.16 Å². The van der Waals surface area contributed by atoms with Crippen LogP contribution in [0.25, 0.3) is 11.5 Å². The molecule has 0 amide bonds. The molecule has 0 bridgehead atoms. The van der Waals surface area contributed by atoms with Crippen LogP contribution in [-0.4, -0.2) is 31.1 Å². The molecule has 2 heterocycles. The van der Waals surface area contributed by atoms with Crippen LogP contribution in [-0.2, 0) is 6.42 Å². The summed E-state index contributed by atoms with van der Waals surface area (Å²) in [5, 5.41) is 13.9. The van der Waals surface area contributed by atoms with Crippen LogP contribution in [0.5, 0.6) is 0 Å². The molecule has 1 fully saturated rings. The highest BCUT2D eigenvalue weighted by molar-refractivity contribution is 5.44. The molecule has 0 aliphatic heterocycles. The molecule has 0 saturated heterocycles. The van der Waals surface area contributed by atoms with E-state index in [2.05, 4.69) is 25.6 Å². The molecule has 7 heteroatoms. The number of nitrogens with zero attached hydrogens (tertiary/aromatic N) is 4. The monoisotopic (exact) mass is 220 g/mol. The first-order valence-electron chi connectivity index (χ1n) is 5.23. The largest absolute Gasteiger partial charge is 0.339 e. The van der Waals surface area contributed by atoms with Crippen molar-refractivity contribution in [3.63, 3.8) is 0 Å². The van der Waals surface area contributed by atoms with Gasteiger partial charge >= 0.3 is 0 Å². The Labute approximate surface area is 91.4 Å². The van der Waals surface area contributed by atoms with E-state index in [9.17, 15) is 0 Å². The van der Waals surface area contributed by atoms with Crippen LogP contribution in [0.2, 0.25) is 0 Å². The Morgan fingerprint density at radius 2 is 2.38 bits per heavy atom. The number of aromatic amines is 1. The minimum absolute atomic E-state index is 0.145. The van der Waals surface area contributed by atoms with E-state index in [0.29, 0.717) is 23.8 Å². The molecule has 2 aromatic heterocycles. The van der Waals surface area contributed by atoms with Gasteiger partial charge in [0.25, 0.3) is 0 Å². The SMILES string of the molecule is NC1(Cc2nc(-c3cn[nH]n3)no2)CCC1. The fourth-order valence-electron chi connectivity index (χ4n) is 1.85. The van der Waals surface area contributed by atoms with Crippen molar-refractivity contribution in [2.75, 3.05) is 0 Å². The molecule has 7 nitrogen and oxygen atoms in total. The van der Waals surface area contributed by atoms with E-state index in [1.165, 1.54) is 6.42 Å². The first-order chi connectivity index (χ1) is 7.75. The van der Waals surface area contributed by atoms with Crippen molar-refractivity contribution in [2.24, 2.45) is 5.73 Å². The molecule has 0 aromatic carbocycles. The van der Waals surface area contributed by atoms with Crippen LogP contribution >= 0.6 is 0 Å². The van der Waals surface area contributed by atoms with Crippen LogP contribution in [0.15, 0.2) is 10.7 Å². The summed E-state index contributed by atoms with van der Waals surface area (Å²) >= 11 is 0. The van der Waals surface area contributed by atoms with Crippen LogP contribution in [0.1, 0.15) is 25.2 Å². The average molecular weight is 220 g/mol. The number of H-pyrrole nitrogens is 1. The molecule has 16 heavy (non-hydrogen) atoms. The second kappa shape index (κ2) is 3.38. The Bertz CT molecular complexity index is 472. The zero-order valence-corrected chi connectivity index (χ0v) is 8.68. The third-order valence-corrected chi connectivity index (χ3v) is 2.96. The second-order valence-electron chi connectivity index (χ2n) is 4.26. The zero-order valence-electron chi connectivity index (χ0n) is 8.68. The lowest BCUT2D eigenvalue weighted by atomic mass is 9.75. The number of aromatic nitrogens is 5. The standard InChI is InChI=1S/C9H12N6O/c10-9(2-1-3-9)4-7-12-8(14-16-7)6-5-11-15-13-6/h5H,1-4,10H2,(H,11,13,15). The quantitative estimate of drug-likeness (QED) is 0.769. The van der Waals surface area contributed by atoms with Crippen molar-refractivity contribution in [2.45, 2.75) is 31.2 Å². The molecule has 3 N–H and O–H groups in total. The van der Waals surface area contributed by atoms with Crippen LogP contribution in [0.3, 0.4) is 0 Å². The summed E-state index contributed by atoms with van der Waals surface area (Å²) in [6, 6.07) is 0. The molecule has 1 saturated carbocycles. The van der Waals surface area contributed by atoms with Gasteiger partial charge in [0.05, 0.1) is 6.20 Å². The number of hydrogen-bond acceptors (Lipinski definition) is 6. The smallest absolute Gasteiger partial charge is 0.228 e. The minimum Gasteiger partial charge on any atom is -0.339 e. The Morgan fingerprint density at radius 1 is 1.50 bits per heavy atom. The van der Waals surface area contributed by atoms with E-state index in [1.54, 1.807) is 6.20 Å². The molecule has 0 radical (unpaired) electrons. The molecule has 0 spiro atoms. The van der Waals surface area contributed by atoms with Gasteiger partial charge in [0, 0.05) is 12.0 Å². The van der Waals surface area contributed by atoms with Crippen molar-refractivity contribution < 1.29 is 4.52 Å². The first-order valence-corrected chi connectivity index (χ1v) is 5.23.